The lowest BCUT2D eigenvalue weighted by Gasteiger charge is -2.44. The molecule has 0 bridgehead atoms. The smallest absolute Gasteiger partial charge is 0.319 e. The zero-order valence-electron chi connectivity index (χ0n) is 11.6. The van der Waals surface area contributed by atoms with Gasteiger partial charge in [-0.2, -0.15) is 0 Å². The average Bonchev–Trinajstić information content (AvgIpc) is 2.36. The van der Waals surface area contributed by atoms with Crippen molar-refractivity contribution in [3.63, 3.8) is 0 Å². The van der Waals surface area contributed by atoms with Gasteiger partial charge in [-0.15, -0.1) is 0 Å². The van der Waals surface area contributed by atoms with Crippen LogP contribution in [0, 0.1) is 0 Å². The van der Waals surface area contributed by atoms with E-state index in [0.29, 0.717) is 6.54 Å². The van der Waals surface area contributed by atoms with E-state index in [1.54, 1.807) is 23.9 Å². The zero-order chi connectivity index (χ0) is 13.8. The van der Waals surface area contributed by atoms with E-state index in [-0.39, 0.29) is 12.5 Å². The van der Waals surface area contributed by atoms with Crippen LogP contribution in [-0.2, 0) is 4.79 Å². The maximum atomic E-state index is 12.2. The lowest BCUT2D eigenvalue weighted by Crippen LogP contribution is -2.55. The molecule has 5 heteroatoms. The number of urea groups is 1. The van der Waals surface area contributed by atoms with Gasteiger partial charge in [-0.1, -0.05) is 19.3 Å². The van der Waals surface area contributed by atoms with Crippen LogP contribution in [0.15, 0.2) is 0 Å². The van der Waals surface area contributed by atoms with Crippen molar-refractivity contribution in [2.75, 3.05) is 20.6 Å². The minimum absolute atomic E-state index is 0.0484. The Bertz CT molecular complexity index is 311. The van der Waals surface area contributed by atoms with E-state index in [2.05, 4.69) is 0 Å². The maximum absolute atomic E-state index is 12.2. The van der Waals surface area contributed by atoms with Gasteiger partial charge in [0.1, 0.15) is 0 Å². The first-order valence-electron chi connectivity index (χ1n) is 6.63. The minimum atomic E-state index is -0.823. The summed E-state index contributed by atoms with van der Waals surface area (Å²) in [4.78, 5) is 26.6. The zero-order valence-corrected chi connectivity index (χ0v) is 11.6. The highest BCUT2D eigenvalue weighted by Crippen LogP contribution is 2.36. The number of carbonyl (C=O) groups excluding carboxylic acids is 1. The summed E-state index contributed by atoms with van der Waals surface area (Å²) in [5.74, 6) is -0.823. The molecule has 0 aromatic heterocycles. The molecule has 0 spiro atoms. The van der Waals surface area contributed by atoms with Crippen molar-refractivity contribution in [2.24, 2.45) is 0 Å². The fourth-order valence-electron chi connectivity index (χ4n) is 2.72. The number of amides is 2. The van der Waals surface area contributed by atoms with Crippen LogP contribution in [-0.4, -0.2) is 53.1 Å². The van der Waals surface area contributed by atoms with Crippen LogP contribution < -0.4 is 0 Å². The van der Waals surface area contributed by atoms with Crippen LogP contribution in [0.2, 0.25) is 0 Å². The molecule has 1 fully saturated rings. The van der Waals surface area contributed by atoms with Crippen LogP contribution in [0.3, 0.4) is 0 Å². The highest BCUT2D eigenvalue weighted by molar-refractivity contribution is 5.76. The Morgan fingerprint density at radius 3 is 2.17 bits per heavy atom. The summed E-state index contributed by atoms with van der Waals surface area (Å²) in [5, 5.41) is 9.11. The Labute approximate surface area is 109 Å². The van der Waals surface area contributed by atoms with Gasteiger partial charge in [0, 0.05) is 20.6 Å². The standard InChI is InChI=1S/C13H24N2O3/c1-4-14(2)12(18)15(3)13(10-11(16)17)8-6-5-7-9-13/h4-10H2,1-3H3,(H,16,17). The number of hydrogen-bond donors (Lipinski definition) is 1. The molecule has 104 valence electrons. The van der Waals surface area contributed by atoms with Crippen molar-refractivity contribution in [2.45, 2.75) is 51.0 Å². The third-order valence-electron chi connectivity index (χ3n) is 4.06. The molecule has 0 atom stereocenters. The lowest BCUT2D eigenvalue weighted by molar-refractivity contribution is -0.140. The molecule has 18 heavy (non-hydrogen) atoms. The first-order valence-corrected chi connectivity index (χ1v) is 6.63. The van der Waals surface area contributed by atoms with Crippen molar-refractivity contribution >= 4 is 12.0 Å². The van der Waals surface area contributed by atoms with Crippen molar-refractivity contribution in [1.29, 1.82) is 0 Å². The summed E-state index contributed by atoms with van der Waals surface area (Å²) < 4.78 is 0. The monoisotopic (exact) mass is 256 g/mol. The van der Waals surface area contributed by atoms with Crippen LogP contribution in [0.1, 0.15) is 45.4 Å². The maximum Gasteiger partial charge on any atom is 0.319 e. The molecular formula is C13H24N2O3. The molecule has 0 heterocycles. The van der Waals surface area contributed by atoms with E-state index >= 15 is 0 Å². The van der Waals surface area contributed by atoms with Gasteiger partial charge in [-0.25, -0.2) is 4.79 Å². The Morgan fingerprint density at radius 1 is 1.17 bits per heavy atom. The Balaban J connectivity index is 2.88. The minimum Gasteiger partial charge on any atom is -0.481 e. The van der Waals surface area contributed by atoms with E-state index in [4.69, 9.17) is 5.11 Å². The molecule has 1 aliphatic rings. The van der Waals surface area contributed by atoms with E-state index in [0.717, 1.165) is 32.1 Å². The molecule has 0 unspecified atom stereocenters. The molecule has 1 aliphatic carbocycles. The fraction of sp³-hybridized carbons (Fsp3) is 0.846. The summed E-state index contributed by atoms with van der Waals surface area (Å²) in [6.45, 7) is 2.54. The third-order valence-corrected chi connectivity index (χ3v) is 4.06. The van der Waals surface area contributed by atoms with Crippen molar-refractivity contribution < 1.29 is 14.7 Å². The number of aliphatic carboxylic acids is 1. The largest absolute Gasteiger partial charge is 0.481 e. The Morgan fingerprint density at radius 2 is 1.72 bits per heavy atom. The predicted octanol–water partition coefficient (Wildman–Crippen LogP) is 2.17. The summed E-state index contributed by atoms with van der Waals surface area (Å²) in [6.07, 6.45) is 4.76. The first-order chi connectivity index (χ1) is 8.43. The highest BCUT2D eigenvalue weighted by atomic mass is 16.4. The number of nitrogens with zero attached hydrogens (tertiary/aromatic N) is 2. The summed E-state index contributed by atoms with van der Waals surface area (Å²) in [6, 6.07) is -0.0827. The van der Waals surface area contributed by atoms with Crippen molar-refractivity contribution in [1.82, 2.24) is 9.80 Å². The third kappa shape index (κ3) is 3.15. The normalized spacial score (nSPS) is 18.2. The van der Waals surface area contributed by atoms with E-state index in [1.807, 2.05) is 6.92 Å². The molecule has 1 rings (SSSR count). The first kappa shape index (κ1) is 14.8. The predicted molar refractivity (Wildman–Crippen MR) is 69.5 cm³/mol. The fourth-order valence-corrected chi connectivity index (χ4v) is 2.72. The van der Waals surface area contributed by atoms with Gasteiger partial charge in [0.05, 0.1) is 12.0 Å². The summed E-state index contributed by atoms with van der Waals surface area (Å²) in [5.41, 5.74) is -0.495. The van der Waals surface area contributed by atoms with E-state index < -0.39 is 11.5 Å². The van der Waals surface area contributed by atoms with Gasteiger partial charge in [0.15, 0.2) is 0 Å². The average molecular weight is 256 g/mol. The van der Waals surface area contributed by atoms with E-state index in [1.165, 1.54) is 0 Å². The second-order valence-electron chi connectivity index (χ2n) is 5.21. The summed E-state index contributed by atoms with van der Waals surface area (Å²) >= 11 is 0. The molecular weight excluding hydrogens is 232 g/mol. The molecule has 0 aromatic carbocycles. The second-order valence-corrected chi connectivity index (χ2v) is 5.21. The topological polar surface area (TPSA) is 60.9 Å². The van der Waals surface area contributed by atoms with Gasteiger partial charge in [0.2, 0.25) is 0 Å². The van der Waals surface area contributed by atoms with Gasteiger partial charge in [-0.05, 0) is 19.8 Å². The second kappa shape index (κ2) is 6.07. The molecule has 5 nitrogen and oxygen atoms in total. The van der Waals surface area contributed by atoms with Gasteiger partial charge < -0.3 is 14.9 Å². The molecule has 0 radical (unpaired) electrons. The van der Waals surface area contributed by atoms with Gasteiger partial charge in [-0.3, -0.25) is 4.79 Å². The van der Waals surface area contributed by atoms with Gasteiger partial charge in [0.25, 0.3) is 0 Å². The highest BCUT2D eigenvalue weighted by Gasteiger charge is 2.41. The number of carboxylic acid groups (broad SMARTS) is 1. The molecule has 0 aromatic rings. The van der Waals surface area contributed by atoms with Crippen LogP contribution >= 0.6 is 0 Å². The van der Waals surface area contributed by atoms with Crippen molar-refractivity contribution in [3.8, 4) is 0 Å². The Kier molecular flexibility index (Phi) is 4.99. The Hall–Kier alpha value is -1.26. The number of rotatable bonds is 4. The molecule has 0 aliphatic heterocycles. The lowest BCUT2D eigenvalue weighted by atomic mass is 9.78. The molecule has 0 saturated heterocycles. The molecule has 2 amide bonds. The number of carbonyl (C=O) groups is 2. The summed E-state index contributed by atoms with van der Waals surface area (Å²) in [7, 11) is 3.49. The van der Waals surface area contributed by atoms with Crippen LogP contribution in [0.5, 0.6) is 0 Å². The molecule has 1 N–H and O–H groups in total. The SMILES string of the molecule is CCN(C)C(=O)N(C)C1(CC(=O)O)CCCCC1. The van der Waals surface area contributed by atoms with Crippen LogP contribution in [0.4, 0.5) is 4.79 Å². The van der Waals surface area contributed by atoms with E-state index in [9.17, 15) is 9.59 Å². The van der Waals surface area contributed by atoms with Crippen LogP contribution in [0.25, 0.3) is 0 Å². The number of hydrogen-bond acceptors (Lipinski definition) is 2. The number of carboxylic acids is 1. The quantitative estimate of drug-likeness (QED) is 0.838. The van der Waals surface area contributed by atoms with Crippen molar-refractivity contribution in [3.05, 3.63) is 0 Å². The molecule has 1 saturated carbocycles. The van der Waals surface area contributed by atoms with Gasteiger partial charge >= 0.3 is 12.0 Å².